The smallest absolute Gasteiger partial charge is 0.315 e. The first-order valence-electron chi connectivity index (χ1n) is 6.52. The van der Waals surface area contributed by atoms with Crippen LogP contribution < -0.4 is 11.1 Å². The molecule has 1 heterocycles. The van der Waals surface area contributed by atoms with Crippen LogP contribution in [0.1, 0.15) is 57.9 Å². The fraction of sp³-hybridized carbons (Fsp3) is 0.833. The molecule has 1 aliphatic rings. The molecule has 96 valence electrons. The average molecular weight is 238 g/mol. The van der Waals surface area contributed by atoms with E-state index in [9.17, 15) is 0 Å². The van der Waals surface area contributed by atoms with E-state index in [2.05, 4.69) is 22.4 Å². The van der Waals surface area contributed by atoms with Gasteiger partial charge in [0, 0.05) is 6.04 Å². The largest absolute Gasteiger partial charge is 0.406 e. The van der Waals surface area contributed by atoms with Crippen molar-refractivity contribution in [1.82, 2.24) is 10.2 Å². The number of nitrogens with two attached hydrogens (primary N) is 1. The lowest BCUT2D eigenvalue weighted by Crippen LogP contribution is -2.26. The number of nitrogens with zero attached hydrogens (tertiary/aromatic N) is 2. The Hall–Kier alpha value is -1.10. The molecule has 3 atom stereocenters. The van der Waals surface area contributed by atoms with Crippen LogP contribution in [0, 0.1) is 5.92 Å². The minimum Gasteiger partial charge on any atom is -0.406 e. The van der Waals surface area contributed by atoms with Crippen molar-refractivity contribution in [2.75, 3.05) is 5.32 Å². The van der Waals surface area contributed by atoms with Crippen LogP contribution >= 0.6 is 0 Å². The van der Waals surface area contributed by atoms with Crippen molar-refractivity contribution in [2.45, 2.75) is 58.0 Å². The molecule has 1 saturated carbocycles. The van der Waals surface area contributed by atoms with Gasteiger partial charge < -0.3 is 15.5 Å². The molecule has 0 radical (unpaired) electrons. The molecule has 2 rings (SSSR count). The fourth-order valence-electron chi connectivity index (χ4n) is 2.34. The summed E-state index contributed by atoms with van der Waals surface area (Å²) in [7, 11) is 0. The van der Waals surface area contributed by atoms with E-state index < -0.39 is 0 Å². The van der Waals surface area contributed by atoms with Gasteiger partial charge in [0.1, 0.15) is 0 Å². The zero-order valence-corrected chi connectivity index (χ0v) is 10.6. The summed E-state index contributed by atoms with van der Waals surface area (Å²) in [4.78, 5) is 0. The van der Waals surface area contributed by atoms with Gasteiger partial charge >= 0.3 is 6.01 Å². The van der Waals surface area contributed by atoms with Crippen molar-refractivity contribution < 1.29 is 4.42 Å². The summed E-state index contributed by atoms with van der Waals surface area (Å²) in [5.74, 6) is 1.15. The van der Waals surface area contributed by atoms with E-state index in [0.717, 1.165) is 0 Å². The van der Waals surface area contributed by atoms with Crippen molar-refractivity contribution in [1.29, 1.82) is 0 Å². The van der Waals surface area contributed by atoms with Crippen molar-refractivity contribution in [3.05, 3.63) is 5.89 Å². The van der Waals surface area contributed by atoms with Gasteiger partial charge in [0.25, 0.3) is 0 Å². The Bertz CT molecular complexity index is 350. The van der Waals surface area contributed by atoms with Crippen LogP contribution in [-0.2, 0) is 0 Å². The van der Waals surface area contributed by atoms with Crippen LogP contribution in [0.15, 0.2) is 4.42 Å². The minimum atomic E-state index is -0.204. The molecule has 1 aromatic rings. The molecular formula is C12H22N4O. The molecule has 0 aromatic carbocycles. The summed E-state index contributed by atoms with van der Waals surface area (Å²) in [6.45, 7) is 4.12. The lowest BCUT2D eigenvalue weighted by atomic mass is 9.97. The van der Waals surface area contributed by atoms with Crippen molar-refractivity contribution >= 4 is 6.01 Å². The average Bonchev–Trinajstić information content (AvgIpc) is 2.66. The number of rotatable bonds is 3. The number of anilines is 1. The number of aromatic nitrogens is 2. The molecule has 0 bridgehead atoms. The molecule has 17 heavy (non-hydrogen) atoms. The Labute approximate surface area is 102 Å². The van der Waals surface area contributed by atoms with E-state index in [1.54, 1.807) is 0 Å². The van der Waals surface area contributed by atoms with Gasteiger partial charge in [-0.15, -0.1) is 5.10 Å². The lowest BCUT2D eigenvalue weighted by molar-refractivity contribution is 0.427. The Balaban J connectivity index is 1.98. The third kappa shape index (κ3) is 3.19. The summed E-state index contributed by atoms with van der Waals surface area (Å²) >= 11 is 0. The summed E-state index contributed by atoms with van der Waals surface area (Å²) in [6, 6.07) is 0.750. The highest BCUT2D eigenvalue weighted by Gasteiger charge is 2.21. The molecule has 5 nitrogen and oxygen atoms in total. The van der Waals surface area contributed by atoms with Gasteiger partial charge in [0.05, 0.1) is 6.04 Å². The first-order valence-corrected chi connectivity index (χ1v) is 6.52. The molecule has 0 aliphatic heterocycles. The quantitative estimate of drug-likeness (QED) is 0.791. The standard InChI is InChI=1S/C12H22N4O/c1-8-6-4-3-5-7-10(8)14-12-16-15-11(17-12)9(2)13/h8-10H,3-7,13H2,1-2H3,(H,14,16). The maximum absolute atomic E-state index is 5.69. The van der Waals surface area contributed by atoms with Crippen LogP contribution in [0.5, 0.6) is 0 Å². The second-order valence-corrected chi connectivity index (χ2v) is 5.10. The van der Waals surface area contributed by atoms with Crippen LogP contribution in [-0.4, -0.2) is 16.2 Å². The second-order valence-electron chi connectivity index (χ2n) is 5.10. The first kappa shape index (κ1) is 12.4. The second kappa shape index (κ2) is 5.49. The topological polar surface area (TPSA) is 77.0 Å². The van der Waals surface area contributed by atoms with Gasteiger partial charge in [-0.3, -0.25) is 0 Å². The molecule has 3 unspecified atom stereocenters. The van der Waals surface area contributed by atoms with Gasteiger partial charge in [-0.2, -0.15) is 0 Å². The molecule has 0 amide bonds. The highest BCUT2D eigenvalue weighted by Crippen LogP contribution is 2.25. The Morgan fingerprint density at radius 1 is 1.29 bits per heavy atom. The van der Waals surface area contributed by atoms with Gasteiger partial charge in [-0.25, -0.2) is 0 Å². The molecule has 0 spiro atoms. The Kier molecular flexibility index (Phi) is 3.99. The van der Waals surface area contributed by atoms with Gasteiger partial charge in [-0.05, 0) is 25.7 Å². The predicted octanol–water partition coefficient (Wildman–Crippen LogP) is 2.47. The summed E-state index contributed by atoms with van der Waals surface area (Å²) in [5, 5.41) is 11.3. The zero-order chi connectivity index (χ0) is 12.3. The monoisotopic (exact) mass is 238 g/mol. The van der Waals surface area contributed by atoms with Crippen molar-refractivity contribution in [3.63, 3.8) is 0 Å². The van der Waals surface area contributed by atoms with Crippen molar-refractivity contribution in [3.8, 4) is 0 Å². The third-order valence-corrected chi connectivity index (χ3v) is 3.50. The van der Waals surface area contributed by atoms with Crippen molar-refractivity contribution in [2.24, 2.45) is 11.7 Å². The molecular weight excluding hydrogens is 216 g/mol. The molecule has 1 aromatic heterocycles. The van der Waals surface area contributed by atoms with Crippen LogP contribution in [0.3, 0.4) is 0 Å². The number of nitrogens with one attached hydrogen (secondary N) is 1. The Morgan fingerprint density at radius 3 is 2.76 bits per heavy atom. The first-order chi connectivity index (χ1) is 8.16. The molecule has 5 heteroatoms. The number of hydrogen-bond acceptors (Lipinski definition) is 5. The van der Waals surface area contributed by atoms with E-state index >= 15 is 0 Å². The van der Waals surface area contributed by atoms with E-state index in [1.165, 1.54) is 32.1 Å². The van der Waals surface area contributed by atoms with Gasteiger partial charge in [0.15, 0.2) is 0 Å². The van der Waals surface area contributed by atoms with Gasteiger partial charge in [0.2, 0.25) is 5.89 Å². The van der Waals surface area contributed by atoms with E-state index in [-0.39, 0.29) is 6.04 Å². The minimum absolute atomic E-state index is 0.204. The number of hydrogen-bond donors (Lipinski definition) is 2. The maximum Gasteiger partial charge on any atom is 0.315 e. The molecule has 0 saturated heterocycles. The molecule has 3 N–H and O–H groups in total. The molecule has 1 fully saturated rings. The fourth-order valence-corrected chi connectivity index (χ4v) is 2.34. The highest BCUT2D eigenvalue weighted by atomic mass is 16.4. The lowest BCUT2D eigenvalue weighted by Gasteiger charge is -2.21. The summed E-state index contributed by atoms with van der Waals surface area (Å²) < 4.78 is 5.48. The SMILES string of the molecule is CC(N)c1nnc(NC2CCCCCC2C)o1. The van der Waals surface area contributed by atoms with Crippen LogP contribution in [0.25, 0.3) is 0 Å². The van der Waals surface area contributed by atoms with E-state index in [0.29, 0.717) is 23.9 Å². The van der Waals surface area contributed by atoms with Crippen LogP contribution in [0.2, 0.25) is 0 Å². The zero-order valence-electron chi connectivity index (χ0n) is 10.6. The maximum atomic E-state index is 5.69. The normalized spacial score (nSPS) is 27.5. The Morgan fingerprint density at radius 2 is 2.06 bits per heavy atom. The third-order valence-electron chi connectivity index (χ3n) is 3.50. The van der Waals surface area contributed by atoms with E-state index in [4.69, 9.17) is 10.2 Å². The molecule has 1 aliphatic carbocycles. The van der Waals surface area contributed by atoms with Gasteiger partial charge in [-0.1, -0.05) is 31.3 Å². The predicted molar refractivity (Wildman–Crippen MR) is 66.6 cm³/mol. The van der Waals surface area contributed by atoms with Crippen LogP contribution in [0.4, 0.5) is 6.01 Å². The highest BCUT2D eigenvalue weighted by molar-refractivity contribution is 5.20. The summed E-state index contributed by atoms with van der Waals surface area (Å²) in [5.41, 5.74) is 5.69. The summed E-state index contributed by atoms with van der Waals surface area (Å²) in [6.07, 6.45) is 6.38. The van der Waals surface area contributed by atoms with E-state index in [1.807, 2.05) is 6.92 Å².